The Balaban J connectivity index is 0.00000484. The van der Waals surface area contributed by atoms with Crippen LogP contribution in [0.4, 0.5) is 4.39 Å². The van der Waals surface area contributed by atoms with Crippen LogP contribution in [0, 0.1) is 12.7 Å². The SMILES string of the molecule is CCCCOCCCNC(=NC)NCc1ccc(C)c(F)c1.I. The van der Waals surface area contributed by atoms with Gasteiger partial charge in [-0.15, -0.1) is 24.0 Å². The van der Waals surface area contributed by atoms with Gasteiger partial charge >= 0.3 is 0 Å². The summed E-state index contributed by atoms with van der Waals surface area (Å²) in [6, 6.07) is 5.26. The van der Waals surface area contributed by atoms with Crippen molar-refractivity contribution in [2.45, 2.75) is 39.7 Å². The van der Waals surface area contributed by atoms with E-state index < -0.39 is 0 Å². The van der Waals surface area contributed by atoms with Gasteiger partial charge in [-0.1, -0.05) is 25.5 Å². The van der Waals surface area contributed by atoms with E-state index in [1.807, 2.05) is 6.07 Å². The molecule has 2 N–H and O–H groups in total. The molecule has 6 heteroatoms. The van der Waals surface area contributed by atoms with E-state index in [1.165, 1.54) is 0 Å². The molecular weight excluding hydrogens is 408 g/mol. The highest BCUT2D eigenvalue weighted by Gasteiger charge is 2.01. The van der Waals surface area contributed by atoms with Gasteiger partial charge < -0.3 is 15.4 Å². The van der Waals surface area contributed by atoms with Crippen LogP contribution in [0.15, 0.2) is 23.2 Å². The largest absolute Gasteiger partial charge is 0.381 e. The summed E-state index contributed by atoms with van der Waals surface area (Å²) >= 11 is 0. The molecule has 0 atom stereocenters. The number of rotatable bonds is 9. The van der Waals surface area contributed by atoms with Crippen LogP contribution in [0.3, 0.4) is 0 Å². The molecule has 0 amide bonds. The molecule has 0 spiro atoms. The Morgan fingerprint density at radius 1 is 1.22 bits per heavy atom. The molecule has 0 fully saturated rings. The molecule has 132 valence electrons. The van der Waals surface area contributed by atoms with Crippen molar-refractivity contribution in [3.05, 3.63) is 35.1 Å². The van der Waals surface area contributed by atoms with Gasteiger partial charge in [0.15, 0.2) is 5.96 Å². The first-order valence-electron chi connectivity index (χ1n) is 7.94. The van der Waals surface area contributed by atoms with E-state index in [4.69, 9.17) is 4.74 Å². The second-order valence-corrected chi connectivity index (χ2v) is 5.26. The molecule has 0 aliphatic rings. The summed E-state index contributed by atoms with van der Waals surface area (Å²) in [5.41, 5.74) is 1.56. The molecule has 1 aromatic carbocycles. The van der Waals surface area contributed by atoms with E-state index in [0.717, 1.165) is 50.5 Å². The monoisotopic (exact) mass is 437 g/mol. The lowest BCUT2D eigenvalue weighted by molar-refractivity contribution is 0.129. The standard InChI is InChI=1S/C17H28FN3O.HI/c1-4-5-10-22-11-6-9-20-17(19-3)21-13-15-8-7-14(2)16(18)12-15;/h7-8,12H,4-6,9-11,13H2,1-3H3,(H2,19,20,21);1H. The van der Waals surface area contributed by atoms with Crippen molar-refractivity contribution in [1.29, 1.82) is 0 Å². The average molecular weight is 437 g/mol. The first-order valence-corrected chi connectivity index (χ1v) is 7.94. The summed E-state index contributed by atoms with van der Waals surface area (Å²) in [5, 5.41) is 6.40. The number of nitrogens with one attached hydrogen (secondary N) is 2. The highest BCUT2D eigenvalue weighted by atomic mass is 127. The van der Waals surface area contributed by atoms with Gasteiger partial charge in [-0.3, -0.25) is 4.99 Å². The third-order valence-corrected chi connectivity index (χ3v) is 3.32. The topological polar surface area (TPSA) is 45.6 Å². The molecule has 0 bridgehead atoms. The number of hydrogen-bond acceptors (Lipinski definition) is 2. The summed E-state index contributed by atoms with van der Waals surface area (Å²) in [4.78, 5) is 4.15. The molecule has 1 aromatic rings. The Kier molecular flexibility index (Phi) is 13.0. The minimum absolute atomic E-state index is 0. The summed E-state index contributed by atoms with van der Waals surface area (Å²) in [5.74, 6) is 0.543. The molecule has 0 unspecified atom stereocenters. The molecule has 1 rings (SSSR count). The maximum absolute atomic E-state index is 13.5. The van der Waals surface area contributed by atoms with Gasteiger partial charge in [0.1, 0.15) is 5.82 Å². The highest BCUT2D eigenvalue weighted by Crippen LogP contribution is 2.08. The molecule has 4 nitrogen and oxygen atoms in total. The smallest absolute Gasteiger partial charge is 0.191 e. The highest BCUT2D eigenvalue weighted by molar-refractivity contribution is 14.0. The van der Waals surface area contributed by atoms with Crippen LogP contribution in [0.2, 0.25) is 0 Å². The molecule has 0 heterocycles. The lowest BCUT2D eigenvalue weighted by Crippen LogP contribution is -2.37. The number of benzene rings is 1. The summed E-state index contributed by atoms with van der Waals surface area (Å²) in [7, 11) is 1.73. The Hall–Kier alpha value is -0.890. The Morgan fingerprint density at radius 2 is 1.96 bits per heavy atom. The summed E-state index contributed by atoms with van der Waals surface area (Å²) in [6.07, 6.45) is 3.21. The van der Waals surface area contributed by atoms with Crippen molar-refractivity contribution >= 4 is 29.9 Å². The number of hydrogen-bond donors (Lipinski definition) is 2. The van der Waals surface area contributed by atoms with Gasteiger partial charge in [-0.25, -0.2) is 4.39 Å². The van der Waals surface area contributed by atoms with Crippen molar-refractivity contribution in [3.8, 4) is 0 Å². The van der Waals surface area contributed by atoms with Crippen LogP contribution in [-0.4, -0.2) is 32.8 Å². The Morgan fingerprint density at radius 3 is 2.61 bits per heavy atom. The van der Waals surface area contributed by atoms with Gasteiger partial charge in [0.05, 0.1) is 0 Å². The fourth-order valence-corrected chi connectivity index (χ4v) is 1.88. The van der Waals surface area contributed by atoms with Crippen molar-refractivity contribution in [1.82, 2.24) is 10.6 Å². The Labute approximate surface area is 156 Å². The zero-order chi connectivity index (χ0) is 16.2. The number of ether oxygens (including phenoxy) is 1. The Bertz CT molecular complexity index is 469. The zero-order valence-electron chi connectivity index (χ0n) is 14.3. The minimum Gasteiger partial charge on any atom is -0.381 e. The number of guanidine groups is 1. The van der Waals surface area contributed by atoms with Gasteiger partial charge in [0.2, 0.25) is 0 Å². The molecule has 0 aromatic heterocycles. The molecule has 0 saturated heterocycles. The fraction of sp³-hybridized carbons (Fsp3) is 0.588. The van der Waals surface area contributed by atoms with Crippen LogP contribution in [-0.2, 0) is 11.3 Å². The van der Waals surface area contributed by atoms with E-state index in [0.29, 0.717) is 12.1 Å². The lowest BCUT2D eigenvalue weighted by Gasteiger charge is -2.12. The molecular formula is C17H29FIN3O. The van der Waals surface area contributed by atoms with E-state index in [-0.39, 0.29) is 29.8 Å². The van der Waals surface area contributed by atoms with E-state index in [1.54, 1.807) is 26.1 Å². The van der Waals surface area contributed by atoms with E-state index in [9.17, 15) is 4.39 Å². The van der Waals surface area contributed by atoms with Crippen LogP contribution >= 0.6 is 24.0 Å². The quantitative estimate of drug-likeness (QED) is 0.269. The summed E-state index contributed by atoms with van der Waals surface area (Å²) < 4.78 is 19.0. The fourth-order valence-electron chi connectivity index (χ4n) is 1.88. The molecule has 0 aliphatic heterocycles. The van der Waals surface area contributed by atoms with Gasteiger partial charge in [-0.2, -0.15) is 0 Å². The second kappa shape index (κ2) is 13.5. The number of unbranched alkanes of at least 4 members (excludes halogenated alkanes) is 1. The predicted octanol–water partition coefficient (Wildman–Crippen LogP) is 3.62. The van der Waals surface area contributed by atoms with Gasteiger partial charge in [0, 0.05) is 33.4 Å². The van der Waals surface area contributed by atoms with Crippen molar-refractivity contribution in [2.24, 2.45) is 4.99 Å². The van der Waals surface area contributed by atoms with Gasteiger partial charge in [0.25, 0.3) is 0 Å². The minimum atomic E-state index is -0.175. The van der Waals surface area contributed by atoms with Crippen LogP contribution in [0.5, 0.6) is 0 Å². The second-order valence-electron chi connectivity index (χ2n) is 5.26. The molecule has 23 heavy (non-hydrogen) atoms. The maximum Gasteiger partial charge on any atom is 0.191 e. The van der Waals surface area contributed by atoms with Crippen molar-refractivity contribution in [3.63, 3.8) is 0 Å². The van der Waals surface area contributed by atoms with E-state index in [2.05, 4.69) is 22.5 Å². The van der Waals surface area contributed by atoms with Gasteiger partial charge in [-0.05, 0) is 37.0 Å². The maximum atomic E-state index is 13.5. The molecule has 0 aliphatic carbocycles. The van der Waals surface area contributed by atoms with Crippen molar-refractivity contribution < 1.29 is 9.13 Å². The molecule has 0 saturated carbocycles. The number of halogens is 2. The number of aryl methyl sites for hydroxylation is 1. The zero-order valence-corrected chi connectivity index (χ0v) is 16.7. The van der Waals surface area contributed by atoms with Crippen LogP contribution < -0.4 is 10.6 Å². The molecule has 0 radical (unpaired) electrons. The van der Waals surface area contributed by atoms with E-state index >= 15 is 0 Å². The number of nitrogens with zero attached hydrogens (tertiary/aromatic N) is 1. The van der Waals surface area contributed by atoms with Crippen LogP contribution in [0.25, 0.3) is 0 Å². The lowest BCUT2D eigenvalue weighted by atomic mass is 10.1. The first-order chi connectivity index (χ1) is 10.7. The number of aliphatic imine (C=N–C) groups is 1. The predicted molar refractivity (Wildman–Crippen MR) is 105 cm³/mol. The third-order valence-electron chi connectivity index (χ3n) is 3.32. The third kappa shape index (κ3) is 9.76. The first kappa shape index (κ1) is 22.1. The van der Waals surface area contributed by atoms with Crippen molar-refractivity contribution in [2.75, 3.05) is 26.8 Å². The normalized spacial score (nSPS) is 11.0. The summed E-state index contributed by atoms with van der Waals surface area (Å²) in [6.45, 7) is 6.85. The average Bonchev–Trinajstić information content (AvgIpc) is 2.52. The van der Waals surface area contributed by atoms with Crippen LogP contribution in [0.1, 0.15) is 37.3 Å².